The van der Waals surface area contributed by atoms with Crippen molar-refractivity contribution in [2.24, 2.45) is 0 Å². The number of nitrogens with zero attached hydrogens (tertiary/aromatic N) is 1. The highest BCUT2D eigenvalue weighted by Crippen LogP contribution is 2.27. The van der Waals surface area contributed by atoms with Crippen molar-refractivity contribution in [1.29, 1.82) is 5.26 Å². The van der Waals surface area contributed by atoms with E-state index < -0.39 is 5.91 Å². The lowest BCUT2D eigenvalue weighted by Gasteiger charge is -2.16. The molecule has 0 atom stereocenters. The topological polar surface area (TPSA) is 64.9 Å². The fourth-order valence-electron chi connectivity index (χ4n) is 2.61. The zero-order valence-corrected chi connectivity index (χ0v) is 17.5. The minimum Gasteiger partial charge on any atom is -0.360 e. The van der Waals surface area contributed by atoms with Gasteiger partial charge in [-0.05, 0) is 77.2 Å². The fraction of sp³-hybridized carbons (Fsp3) is 0.238. The Bertz CT molecular complexity index is 895. The van der Waals surface area contributed by atoms with Crippen molar-refractivity contribution in [3.05, 3.63) is 68.4 Å². The van der Waals surface area contributed by atoms with Crippen LogP contribution in [0.3, 0.4) is 0 Å². The Labute approximate surface area is 168 Å². The van der Waals surface area contributed by atoms with Crippen LogP contribution in [0.25, 0.3) is 0 Å². The lowest BCUT2D eigenvalue weighted by Crippen LogP contribution is -2.17. The Kier molecular flexibility index (Phi) is 6.81. The molecule has 0 aliphatic rings. The molecule has 134 valence electrons. The zero-order chi connectivity index (χ0) is 19.3. The van der Waals surface area contributed by atoms with Gasteiger partial charge < -0.3 is 10.6 Å². The minimum atomic E-state index is -0.417. The van der Waals surface area contributed by atoms with Crippen LogP contribution in [-0.4, -0.2) is 5.91 Å². The maximum absolute atomic E-state index is 12.6. The minimum absolute atomic E-state index is 0.0286. The van der Waals surface area contributed by atoms with Gasteiger partial charge in [0.1, 0.15) is 11.6 Å². The number of anilines is 2. The van der Waals surface area contributed by atoms with Crippen LogP contribution in [0.5, 0.6) is 0 Å². The van der Waals surface area contributed by atoms with E-state index in [0.717, 1.165) is 31.6 Å². The lowest BCUT2D eigenvalue weighted by molar-refractivity contribution is -0.112. The average molecular weight is 459 g/mol. The van der Waals surface area contributed by atoms with E-state index in [2.05, 4.69) is 47.1 Å². The van der Waals surface area contributed by atoms with E-state index in [4.69, 9.17) is 0 Å². The number of nitriles is 1. The van der Waals surface area contributed by atoms with E-state index >= 15 is 0 Å². The lowest BCUT2D eigenvalue weighted by atomic mass is 9.98. The van der Waals surface area contributed by atoms with Crippen LogP contribution in [-0.2, 0) is 4.79 Å². The third-order valence-electron chi connectivity index (χ3n) is 4.09. The molecule has 1 amide bonds. The molecule has 4 nitrogen and oxygen atoms in total. The standard InChI is InChI=1S/C21H22IN3O/c1-13(2)18-7-5-6-14(3)20(18)25-21(26)16(11-23)12-24-19-9-8-17(22)10-15(19)4/h5-10,12-13,24H,1-4H3,(H,25,26)/b16-12-. The predicted octanol–water partition coefficient (Wildman–Crippen LogP) is 5.49. The predicted molar refractivity (Wildman–Crippen MR) is 115 cm³/mol. The number of carbonyl (C=O) groups excluding carboxylic acids is 1. The molecule has 0 heterocycles. The van der Waals surface area contributed by atoms with Gasteiger partial charge in [-0.15, -0.1) is 0 Å². The third-order valence-corrected chi connectivity index (χ3v) is 4.76. The highest BCUT2D eigenvalue weighted by molar-refractivity contribution is 14.1. The summed E-state index contributed by atoms with van der Waals surface area (Å²) in [5.41, 5.74) is 4.75. The van der Waals surface area contributed by atoms with Crippen molar-refractivity contribution in [3.8, 4) is 6.07 Å². The number of carbonyl (C=O) groups is 1. The van der Waals surface area contributed by atoms with E-state index in [1.165, 1.54) is 6.20 Å². The highest BCUT2D eigenvalue weighted by Gasteiger charge is 2.15. The number of para-hydroxylation sites is 1. The summed E-state index contributed by atoms with van der Waals surface area (Å²) < 4.78 is 1.13. The number of benzene rings is 2. The second-order valence-corrected chi connectivity index (χ2v) is 7.67. The Morgan fingerprint density at radius 1 is 1.19 bits per heavy atom. The van der Waals surface area contributed by atoms with E-state index in [0.29, 0.717) is 0 Å². The van der Waals surface area contributed by atoms with Crippen LogP contribution >= 0.6 is 22.6 Å². The Morgan fingerprint density at radius 2 is 1.92 bits per heavy atom. The molecule has 2 N–H and O–H groups in total. The second-order valence-electron chi connectivity index (χ2n) is 6.42. The summed E-state index contributed by atoms with van der Waals surface area (Å²) in [5.74, 6) is -0.147. The number of halogens is 1. The van der Waals surface area contributed by atoms with Crippen LogP contribution in [0.1, 0.15) is 36.5 Å². The largest absolute Gasteiger partial charge is 0.360 e. The number of rotatable bonds is 5. The normalized spacial score (nSPS) is 11.2. The fourth-order valence-corrected chi connectivity index (χ4v) is 3.26. The molecular formula is C21H22IN3O. The Balaban J connectivity index is 2.23. The first-order chi connectivity index (χ1) is 12.3. The molecule has 0 unspecified atom stereocenters. The van der Waals surface area contributed by atoms with Gasteiger partial charge in [-0.1, -0.05) is 32.0 Å². The van der Waals surface area contributed by atoms with Crippen LogP contribution in [0.4, 0.5) is 11.4 Å². The van der Waals surface area contributed by atoms with Crippen molar-refractivity contribution < 1.29 is 4.79 Å². The maximum atomic E-state index is 12.6. The molecule has 2 aromatic carbocycles. The van der Waals surface area contributed by atoms with Gasteiger partial charge in [0, 0.05) is 21.1 Å². The smallest absolute Gasteiger partial charge is 0.267 e. The average Bonchev–Trinajstić information content (AvgIpc) is 2.58. The highest BCUT2D eigenvalue weighted by atomic mass is 127. The van der Waals surface area contributed by atoms with Crippen LogP contribution in [0.2, 0.25) is 0 Å². The Morgan fingerprint density at radius 3 is 2.54 bits per heavy atom. The molecule has 0 spiro atoms. The first kappa shape index (κ1) is 20.0. The van der Waals surface area contributed by atoms with Gasteiger partial charge in [-0.2, -0.15) is 5.26 Å². The van der Waals surface area contributed by atoms with Crippen molar-refractivity contribution in [1.82, 2.24) is 0 Å². The summed E-state index contributed by atoms with van der Waals surface area (Å²) in [4.78, 5) is 12.6. The summed E-state index contributed by atoms with van der Waals surface area (Å²) in [6, 6.07) is 13.8. The number of nitrogens with one attached hydrogen (secondary N) is 2. The molecule has 0 bridgehead atoms. The van der Waals surface area contributed by atoms with E-state index in [1.54, 1.807) is 0 Å². The number of aryl methyl sites for hydroxylation is 2. The SMILES string of the molecule is Cc1cc(I)ccc1N/C=C(/C#N)C(=O)Nc1c(C)cccc1C(C)C. The summed E-state index contributed by atoms with van der Waals surface area (Å²) >= 11 is 2.25. The van der Waals surface area contributed by atoms with Crippen LogP contribution in [0.15, 0.2) is 48.2 Å². The summed E-state index contributed by atoms with van der Waals surface area (Å²) in [6.07, 6.45) is 1.46. The summed E-state index contributed by atoms with van der Waals surface area (Å²) in [6.45, 7) is 8.08. The third kappa shape index (κ3) is 4.85. The molecule has 26 heavy (non-hydrogen) atoms. The first-order valence-corrected chi connectivity index (χ1v) is 9.45. The van der Waals surface area contributed by atoms with Crippen molar-refractivity contribution in [3.63, 3.8) is 0 Å². The summed E-state index contributed by atoms with van der Waals surface area (Å²) in [7, 11) is 0. The van der Waals surface area contributed by atoms with Gasteiger partial charge in [0.25, 0.3) is 5.91 Å². The van der Waals surface area contributed by atoms with E-state index in [9.17, 15) is 10.1 Å². The van der Waals surface area contributed by atoms with E-state index in [-0.39, 0.29) is 11.5 Å². The molecule has 0 saturated carbocycles. The molecule has 0 fully saturated rings. The van der Waals surface area contributed by atoms with Gasteiger partial charge >= 0.3 is 0 Å². The van der Waals surface area contributed by atoms with Gasteiger partial charge in [0.05, 0.1) is 0 Å². The molecule has 2 aromatic rings. The van der Waals surface area contributed by atoms with E-state index in [1.807, 2.05) is 56.3 Å². The molecule has 0 aromatic heterocycles. The number of amides is 1. The zero-order valence-electron chi connectivity index (χ0n) is 15.4. The quantitative estimate of drug-likeness (QED) is 0.353. The molecule has 0 aliphatic carbocycles. The van der Waals surface area contributed by atoms with Gasteiger partial charge in [-0.25, -0.2) is 0 Å². The monoisotopic (exact) mass is 459 g/mol. The molecule has 0 saturated heterocycles. The maximum Gasteiger partial charge on any atom is 0.267 e. The van der Waals surface area contributed by atoms with Gasteiger partial charge in [-0.3, -0.25) is 4.79 Å². The molecule has 0 aliphatic heterocycles. The van der Waals surface area contributed by atoms with Crippen molar-refractivity contribution >= 4 is 39.9 Å². The van der Waals surface area contributed by atoms with Crippen LogP contribution in [0, 0.1) is 28.7 Å². The van der Waals surface area contributed by atoms with Crippen molar-refractivity contribution in [2.45, 2.75) is 33.6 Å². The first-order valence-electron chi connectivity index (χ1n) is 8.37. The number of hydrogen-bond donors (Lipinski definition) is 2. The van der Waals surface area contributed by atoms with Crippen molar-refractivity contribution in [2.75, 3.05) is 10.6 Å². The second kappa shape index (κ2) is 8.86. The molecule has 5 heteroatoms. The summed E-state index contributed by atoms with van der Waals surface area (Å²) in [5, 5.41) is 15.4. The molecule has 0 radical (unpaired) electrons. The van der Waals surface area contributed by atoms with Gasteiger partial charge in [0.2, 0.25) is 0 Å². The Hall–Kier alpha value is -2.33. The molecular weight excluding hydrogens is 437 g/mol. The number of hydrogen-bond acceptors (Lipinski definition) is 3. The van der Waals surface area contributed by atoms with Gasteiger partial charge in [0.15, 0.2) is 0 Å². The van der Waals surface area contributed by atoms with Crippen LogP contribution < -0.4 is 10.6 Å². The molecule has 2 rings (SSSR count).